The van der Waals surface area contributed by atoms with Crippen LogP contribution in [-0.2, 0) is 25.9 Å². The van der Waals surface area contributed by atoms with Crippen LogP contribution in [0, 0.1) is 0 Å². The average Bonchev–Trinajstić information content (AvgIpc) is 3.46. The lowest BCUT2D eigenvalue weighted by atomic mass is 10.0. The van der Waals surface area contributed by atoms with Crippen molar-refractivity contribution in [3.63, 3.8) is 0 Å². The molecule has 0 aliphatic heterocycles. The minimum absolute atomic E-state index is 1.15. The maximum absolute atomic E-state index is 2.62. The maximum Gasteiger partial charge on any atom is 0.256 e. The Morgan fingerprint density at radius 2 is 0.848 bits per heavy atom. The second-order valence-electron chi connectivity index (χ2n) is 14.6. The van der Waals surface area contributed by atoms with Crippen molar-refractivity contribution in [3.05, 3.63) is 54.1 Å². The SMILES string of the molecule is CCCCCCCCCCCCCCCCc1n(CCCCCCCCCCCCCCCC)cc[n+]1CCCc1ccccc1. The topological polar surface area (TPSA) is 8.81 Å². The number of hydrogen-bond acceptors (Lipinski definition) is 0. The van der Waals surface area contributed by atoms with E-state index in [1.807, 2.05) is 0 Å². The molecule has 2 heteroatoms. The predicted molar refractivity (Wildman–Crippen MR) is 204 cm³/mol. The molecule has 2 rings (SSSR count). The van der Waals surface area contributed by atoms with E-state index in [0.29, 0.717) is 0 Å². The van der Waals surface area contributed by atoms with Crippen LogP contribution in [0.15, 0.2) is 42.7 Å². The van der Waals surface area contributed by atoms with E-state index in [4.69, 9.17) is 0 Å². The van der Waals surface area contributed by atoms with Gasteiger partial charge >= 0.3 is 0 Å². The second kappa shape index (κ2) is 30.7. The van der Waals surface area contributed by atoms with Crippen LogP contribution in [0.4, 0.5) is 0 Å². The number of aromatic nitrogens is 2. The van der Waals surface area contributed by atoms with Crippen molar-refractivity contribution in [2.45, 2.75) is 226 Å². The van der Waals surface area contributed by atoms with Crippen LogP contribution in [0.3, 0.4) is 0 Å². The smallest absolute Gasteiger partial charge is 0.234 e. The van der Waals surface area contributed by atoms with E-state index in [2.05, 4.69) is 65.7 Å². The van der Waals surface area contributed by atoms with E-state index in [-0.39, 0.29) is 0 Å². The number of unbranched alkanes of at least 4 members (excludes halogenated alkanes) is 26. The number of nitrogens with zero attached hydrogens (tertiary/aromatic N) is 2. The molecule has 2 nitrogen and oxygen atoms in total. The lowest BCUT2D eigenvalue weighted by molar-refractivity contribution is -0.704. The van der Waals surface area contributed by atoms with Gasteiger partial charge in [0.1, 0.15) is 12.4 Å². The summed E-state index contributed by atoms with van der Waals surface area (Å²) in [6.07, 6.45) is 48.6. The molecule has 0 aliphatic rings. The van der Waals surface area contributed by atoms with E-state index in [9.17, 15) is 0 Å². The second-order valence-corrected chi connectivity index (χ2v) is 14.6. The first-order valence-corrected chi connectivity index (χ1v) is 21.0. The van der Waals surface area contributed by atoms with Crippen LogP contribution in [0.25, 0.3) is 0 Å². The van der Waals surface area contributed by atoms with Gasteiger partial charge in [0.2, 0.25) is 0 Å². The Hall–Kier alpha value is -1.57. The molecule has 0 atom stereocenters. The molecule has 0 spiro atoms. The third-order valence-electron chi connectivity index (χ3n) is 10.3. The van der Waals surface area contributed by atoms with Crippen LogP contribution >= 0.6 is 0 Å². The van der Waals surface area contributed by atoms with Crippen LogP contribution < -0.4 is 4.57 Å². The molecule has 46 heavy (non-hydrogen) atoms. The number of imidazole rings is 1. The first-order chi connectivity index (χ1) is 22.8. The van der Waals surface area contributed by atoms with E-state index in [1.165, 1.54) is 211 Å². The zero-order valence-corrected chi connectivity index (χ0v) is 31.3. The average molecular weight is 636 g/mol. The monoisotopic (exact) mass is 636 g/mol. The van der Waals surface area contributed by atoms with Gasteiger partial charge in [-0.25, -0.2) is 9.13 Å². The highest BCUT2D eigenvalue weighted by Crippen LogP contribution is 2.16. The summed E-state index contributed by atoms with van der Waals surface area (Å²) < 4.78 is 5.21. The van der Waals surface area contributed by atoms with Crippen molar-refractivity contribution in [3.8, 4) is 0 Å². The third kappa shape index (κ3) is 22.1. The van der Waals surface area contributed by atoms with Gasteiger partial charge in [-0.3, -0.25) is 0 Å². The lowest BCUT2D eigenvalue weighted by Crippen LogP contribution is -2.37. The Kier molecular flexibility index (Phi) is 27.1. The summed E-state index contributed by atoms with van der Waals surface area (Å²) in [5.41, 5.74) is 1.47. The van der Waals surface area contributed by atoms with Crippen LogP contribution in [0.2, 0.25) is 0 Å². The summed E-state index contributed by atoms with van der Waals surface area (Å²) in [5, 5.41) is 0. The fourth-order valence-electron chi connectivity index (χ4n) is 7.24. The molecule has 1 heterocycles. The van der Waals surface area contributed by atoms with Crippen molar-refractivity contribution >= 4 is 0 Å². The van der Waals surface area contributed by atoms with Gasteiger partial charge in [0.25, 0.3) is 5.82 Å². The van der Waals surface area contributed by atoms with E-state index in [0.717, 1.165) is 6.54 Å². The fraction of sp³-hybridized carbons (Fsp3) is 0.795. The molecule has 1 aromatic carbocycles. The molecule has 1 aromatic heterocycles. The fourth-order valence-corrected chi connectivity index (χ4v) is 7.24. The molecule has 0 fully saturated rings. The molecule has 0 N–H and O–H groups in total. The van der Waals surface area contributed by atoms with Crippen molar-refractivity contribution in [1.29, 1.82) is 0 Å². The molecule has 0 aliphatic carbocycles. The predicted octanol–water partition coefficient (Wildman–Crippen LogP) is 13.9. The van der Waals surface area contributed by atoms with Crippen LogP contribution in [0.1, 0.15) is 211 Å². The number of aryl methyl sites for hydroxylation is 3. The van der Waals surface area contributed by atoms with E-state index in [1.54, 1.807) is 5.82 Å². The Balaban J connectivity index is 1.60. The highest BCUT2D eigenvalue weighted by molar-refractivity contribution is 5.14. The van der Waals surface area contributed by atoms with Gasteiger partial charge in [0.15, 0.2) is 0 Å². The molecule has 0 unspecified atom stereocenters. The summed E-state index contributed by atoms with van der Waals surface area (Å²) in [6, 6.07) is 11.0. The maximum atomic E-state index is 2.62. The molecule has 2 aromatic rings. The number of benzene rings is 1. The summed E-state index contributed by atoms with van der Waals surface area (Å²) in [4.78, 5) is 0. The molecule has 0 saturated carbocycles. The van der Waals surface area contributed by atoms with Crippen LogP contribution in [-0.4, -0.2) is 4.57 Å². The normalized spacial score (nSPS) is 11.5. The Morgan fingerprint density at radius 1 is 0.435 bits per heavy atom. The van der Waals surface area contributed by atoms with E-state index >= 15 is 0 Å². The highest BCUT2D eigenvalue weighted by Gasteiger charge is 2.16. The zero-order chi connectivity index (χ0) is 32.6. The summed E-state index contributed by atoms with van der Waals surface area (Å²) >= 11 is 0. The Labute approximate surface area is 288 Å². The van der Waals surface area contributed by atoms with Gasteiger partial charge in [0.05, 0.1) is 13.1 Å². The molecule has 0 saturated heterocycles. The molecular formula is C44H79N2+. The standard InChI is InChI=1S/C44H79N2/c1-3-5-7-9-11-13-15-17-19-21-23-25-27-32-38-44-45(41-42-46(44)40-34-37-43-35-30-29-31-36-43)39-33-28-26-24-22-20-18-16-14-12-10-8-6-4-2/h29-31,35-36,41-42H,3-28,32-34,37-40H2,1-2H3/q+1. The first kappa shape index (κ1) is 40.6. The minimum Gasteiger partial charge on any atom is -0.234 e. The first-order valence-electron chi connectivity index (χ1n) is 21.0. The molecule has 0 amide bonds. The van der Waals surface area contributed by atoms with Crippen molar-refractivity contribution < 1.29 is 4.57 Å². The van der Waals surface area contributed by atoms with Crippen molar-refractivity contribution in [2.24, 2.45) is 0 Å². The van der Waals surface area contributed by atoms with Crippen molar-refractivity contribution in [2.75, 3.05) is 0 Å². The number of rotatable bonds is 34. The largest absolute Gasteiger partial charge is 0.256 e. The molecule has 0 bridgehead atoms. The number of hydrogen-bond donors (Lipinski definition) is 0. The quantitative estimate of drug-likeness (QED) is 0.0534. The minimum atomic E-state index is 1.15. The summed E-state index contributed by atoms with van der Waals surface area (Å²) in [7, 11) is 0. The summed E-state index contributed by atoms with van der Waals surface area (Å²) in [5.74, 6) is 1.58. The van der Waals surface area contributed by atoms with Gasteiger partial charge in [0, 0.05) is 6.42 Å². The third-order valence-corrected chi connectivity index (χ3v) is 10.3. The van der Waals surface area contributed by atoms with Gasteiger partial charge in [-0.15, -0.1) is 0 Å². The Bertz CT molecular complexity index is 885. The van der Waals surface area contributed by atoms with Crippen molar-refractivity contribution in [1.82, 2.24) is 4.57 Å². The molecule has 0 radical (unpaired) electrons. The van der Waals surface area contributed by atoms with Gasteiger partial charge in [-0.1, -0.05) is 205 Å². The molecule has 264 valence electrons. The highest BCUT2D eigenvalue weighted by atomic mass is 15.1. The van der Waals surface area contributed by atoms with Gasteiger partial charge < -0.3 is 0 Å². The Morgan fingerprint density at radius 3 is 1.30 bits per heavy atom. The molecular weight excluding hydrogens is 556 g/mol. The lowest BCUT2D eigenvalue weighted by Gasteiger charge is -2.07. The van der Waals surface area contributed by atoms with E-state index < -0.39 is 0 Å². The zero-order valence-electron chi connectivity index (χ0n) is 31.3. The van der Waals surface area contributed by atoms with Gasteiger partial charge in [-0.05, 0) is 37.7 Å². The van der Waals surface area contributed by atoms with Gasteiger partial charge in [-0.2, -0.15) is 0 Å². The van der Waals surface area contributed by atoms with Crippen LogP contribution in [0.5, 0.6) is 0 Å². The summed E-state index contributed by atoms with van der Waals surface area (Å²) in [6.45, 7) is 6.97.